The van der Waals surface area contributed by atoms with E-state index in [4.69, 9.17) is 9.84 Å². The average Bonchev–Trinajstić information content (AvgIpc) is 2.31. The third-order valence-electron chi connectivity index (χ3n) is 2.81. The second-order valence-corrected chi connectivity index (χ2v) is 4.46. The van der Waals surface area contributed by atoms with E-state index in [0.717, 1.165) is 16.9 Å². The number of ether oxygens (including phenoxy) is 1. The number of carbonyl (C=O) groups is 1. The van der Waals surface area contributed by atoms with Gasteiger partial charge in [0.15, 0.2) is 0 Å². The lowest BCUT2D eigenvalue weighted by molar-refractivity contribution is -0.121. The molecule has 0 heterocycles. The van der Waals surface area contributed by atoms with Gasteiger partial charge < -0.3 is 15.2 Å². The summed E-state index contributed by atoms with van der Waals surface area (Å²) in [5.74, 6) is 0.755. The summed E-state index contributed by atoms with van der Waals surface area (Å²) in [5.41, 5.74) is 1.97. The zero-order chi connectivity index (χ0) is 13.5. The van der Waals surface area contributed by atoms with Crippen molar-refractivity contribution in [2.75, 3.05) is 13.7 Å². The number of hydrogen-bond acceptors (Lipinski definition) is 3. The average molecular weight is 251 g/mol. The zero-order valence-corrected chi connectivity index (χ0v) is 11.2. The number of aryl methyl sites for hydroxylation is 1. The van der Waals surface area contributed by atoms with Gasteiger partial charge in [0.25, 0.3) is 0 Å². The lowest BCUT2D eigenvalue weighted by Gasteiger charge is -2.13. The van der Waals surface area contributed by atoms with Crippen LogP contribution in [0.5, 0.6) is 5.75 Å². The van der Waals surface area contributed by atoms with Gasteiger partial charge in [-0.3, -0.25) is 4.79 Å². The van der Waals surface area contributed by atoms with Gasteiger partial charge >= 0.3 is 0 Å². The van der Waals surface area contributed by atoms with Crippen molar-refractivity contribution in [1.29, 1.82) is 0 Å². The largest absolute Gasteiger partial charge is 0.496 e. The van der Waals surface area contributed by atoms with Crippen molar-refractivity contribution in [2.45, 2.75) is 32.7 Å². The van der Waals surface area contributed by atoms with Crippen LogP contribution in [0, 0.1) is 6.92 Å². The molecule has 0 fully saturated rings. The zero-order valence-electron chi connectivity index (χ0n) is 11.2. The molecule has 0 saturated carbocycles. The first kappa shape index (κ1) is 14.5. The van der Waals surface area contributed by atoms with Gasteiger partial charge in [-0.25, -0.2) is 0 Å². The fourth-order valence-corrected chi connectivity index (χ4v) is 1.75. The fraction of sp³-hybridized carbons (Fsp3) is 0.500. The van der Waals surface area contributed by atoms with Crippen molar-refractivity contribution in [3.8, 4) is 5.75 Å². The molecule has 100 valence electrons. The van der Waals surface area contributed by atoms with Crippen LogP contribution in [0.1, 0.15) is 24.5 Å². The van der Waals surface area contributed by atoms with E-state index >= 15 is 0 Å². The number of methoxy groups -OCH3 is 1. The highest BCUT2D eigenvalue weighted by atomic mass is 16.5. The van der Waals surface area contributed by atoms with Gasteiger partial charge in [0.1, 0.15) is 5.75 Å². The lowest BCUT2D eigenvalue weighted by atomic mass is 10.1. The third-order valence-corrected chi connectivity index (χ3v) is 2.81. The maximum absolute atomic E-state index is 11.7. The van der Waals surface area contributed by atoms with Crippen LogP contribution < -0.4 is 10.1 Å². The highest BCUT2D eigenvalue weighted by molar-refractivity contribution is 5.79. The van der Waals surface area contributed by atoms with Crippen molar-refractivity contribution in [2.24, 2.45) is 0 Å². The molecule has 0 spiro atoms. The van der Waals surface area contributed by atoms with E-state index in [1.807, 2.05) is 32.0 Å². The molecule has 1 aromatic rings. The molecule has 0 radical (unpaired) electrons. The third kappa shape index (κ3) is 4.37. The molecular formula is C14H21NO3. The van der Waals surface area contributed by atoms with Crippen molar-refractivity contribution in [3.05, 3.63) is 29.3 Å². The first-order valence-corrected chi connectivity index (χ1v) is 6.10. The van der Waals surface area contributed by atoms with E-state index in [1.54, 1.807) is 7.11 Å². The van der Waals surface area contributed by atoms with Crippen LogP contribution in [0.2, 0.25) is 0 Å². The summed E-state index contributed by atoms with van der Waals surface area (Å²) in [6, 6.07) is 5.74. The summed E-state index contributed by atoms with van der Waals surface area (Å²) in [6.45, 7) is 3.93. The Hall–Kier alpha value is -1.55. The Morgan fingerprint density at radius 2 is 2.22 bits per heavy atom. The predicted molar refractivity (Wildman–Crippen MR) is 70.7 cm³/mol. The van der Waals surface area contributed by atoms with Gasteiger partial charge in [-0.2, -0.15) is 0 Å². The summed E-state index contributed by atoms with van der Waals surface area (Å²) in [7, 11) is 1.62. The van der Waals surface area contributed by atoms with Gasteiger partial charge in [0, 0.05) is 12.6 Å². The first-order valence-electron chi connectivity index (χ1n) is 6.10. The molecule has 0 aliphatic rings. The Labute approximate surface area is 108 Å². The molecule has 2 N–H and O–H groups in total. The molecule has 1 amide bonds. The second-order valence-electron chi connectivity index (χ2n) is 4.46. The molecule has 0 aliphatic carbocycles. The number of amides is 1. The smallest absolute Gasteiger partial charge is 0.224 e. The van der Waals surface area contributed by atoms with Crippen molar-refractivity contribution >= 4 is 5.91 Å². The molecule has 1 rings (SSSR count). The van der Waals surface area contributed by atoms with Crippen LogP contribution >= 0.6 is 0 Å². The SMILES string of the molecule is COc1cc(CC(=O)N[C@H](C)CCO)ccc1C. The summed E-state index contributed by atoms with van der Waals surface area (Å²) in [4.78, 5) is 11.7. The maximum atomic E-state index is 11.7. The van der Waals surface area contributed by atoms with E-state index in [9.17, 15) is 4.79 Å². The van der Waals surface area contributed by atoms with Crippen LogP contribution in [0.4, 0.5) is 0 Å². The topological polar surface area (TPSA) is 58.6 Å². The lowest BCUT2D eigenvalue weighted by Crippen LogP contribution is -2.34. The van der Waals surface area contributed by atoms with Gasteiger partial charge in [-0.15, -0.1) is 0 Å². The molecule has 0 aliphatic heterocycles. The molecule has 1 atom stereocenters. The molecule has 4 heteroatoms. The predicted octanol–water partition coefficient (Wildman–Crippen LogP) is 1.43. The van der Waals surface area contributed by atoms with E-state index in [1.165, 1.54) is 0 Å². The van der Waals surface area contributed by atoms with Crippen LogP contribution in [0.3, 0.4) is 0 Å². The Morgan fingerprint density at radius 3 is 2.83 bits per heavy atom. The number of rotatable bonds is 6. The van der Waals surface area contributed by atoms with Gasteiger partial charge in [-0.1, -0.05) is 12.1 Å². The second kappa shape index (κ2) is 7.01. The van der Waals surface area contributed by atoms with Crippen LogP contribution in [-0.4, -0.2) is 30.8 Å². The monoisotopic (exact) mass is 251 g/mol. The molecule has 0 saturated heterocycles. The van der Waals surface area contributed by atoms with Crippen molar-refractivity contribution in [1.82, 2.24) is 5.32 Å². The van der Waals surface area contributed by atoms with Gasteiger partial charge in [0.05, 0.1) is 13.5 Å². The molecule has 0 unspecified atom stereocenters. The molecule has 0 bridgehead atoms. The molecule has 18 heavy (non-hydrogen) atoms. The van der Waals surface area contributed by atoms with E-state index in [0.29, 0.717) is 12.8 Å². The Kier molecular flexibility index (Phi) is 5.65. The number of benzene rings is 1. The number of aliphatic hydroxyl groups is 1. The number of hydrogen-bond donors (Lipinski definition) is 2. The molecule has 0 aromatic heterocycles. The van der Waals surface area contributed by atoms with Crippen LogP contribution in [-0.2, 0) is 11.2 Å². The maximum Gasteiger partial charge on any atom is 0.224 e. The number of aliphatic hydroxyl groups excluding tert-OH is 1. The highest BCUT2D eigenvalue weighted by Crippen LogP contribution is 2.19. The first-order chi connectivity index (χ1) is 8.56. The Balaban J connectivity index is 2.59. The number of carbonyl (C=O) groups excluding carboxylic acids is 1. The summed E-state index contributed by atoms with van der Waals surface area (Å²) < 4.78 is 5.22. The summed E-state index contributed by atoms with van der Waals surface area (Å²) >= 11 is 0. The van der Waals surface area contributed by atoms with E-state index in [-0.39, 0.29) is 18.6 Å². The highest BCUT2D eigenvalue weighted by Gasteiger charge is 2.09. The number of nitrogens with one attached hydrogen (secondary N) is 1. The van der Waals surface area contributed by atoms with Gasteiger partial charge in [-0.05, 0) is 37.5 Å². The molecule has 1 aromatic carbocycles. The van der Waals surface area contributed by atoms with Crippen molar-refractivity contribution < 1.29 is 14.6 Å². The van der Waals surface area contributed by atoms with Crippen LogP contribution in [0.15, 0.2) is 18.2 Å². The molecule has 4 nitrogen and oxygen atoms in total. The quantitative estimate of drug-likeness (QED) is 0.804. The fourth-order valence-electron chi connectivity index (χ4n) is 1.75. The normalized spacial score (nSPS) is 12.0. The minimum absolute atomic E-state index is 0.00477. The Morgan fingerprint density at radius 1 is 1.50 bits per heavy atom. The summed E-state index contributed by atoms with van der Waals surface area (Å²) in [5, 5.41) is 11.6. The minimum atomic E-state index is -0.0399. The van der Waals surface area contributed by atoms with Crippen molar-refractivity contribution in [3.63, 3.8) is 0 Å². The minimum Gasteiger partial charge on any atom is -0.496 e. The van der Waals surface area contributed by atoms with E-state index in [2.05, 4.69) is 5.32 Å². The summed E-state index contributed by atoms with van der Waals surface area (Å²) in [6.07, 6.45) is 0.898. The Bertz CT molecular complexity index is 404. The van der Waals surface area contributed by atoms with Gasteiger partial charge in [0.2, 0.25) is 5.91 Å². The standard InChI is InChI=1S/C14H21NO3/c1-10-4-5-12(8-13(10)18-3)9-14(17)15-11(2)6-7-16/h4-5,8,11,16H,6-7,9H2,1-3H3,(H,15,17)/t11-/m1/s1. The van der Waals surface area contributed by atoms with Crippen LogP contribution in [0.25, 0.3) is 0 Å². The molecular weight excluding hydrogens is 230 g/mol. The van der Waals surface area contributed by atoms with E-state index < -0.39 is 0 Å².